The van der Waals surface area contributed by atoms with E-state index in [4.69, 9.17) is 5.73 Å². The van der Waals surface area contributed by atoms with Crippen molar-refractivity contribution in [2.75, 3.05) is 19.3 Å². The Labute approximate surface area is 109 Å². The highest BCUT2D eigenvalue weighted by Gasteiger charge is 2.15. The standard InChI is InChI=1S/C11H14N4O4/c1-13-10(16)4-5-14-11(17)7-2-3-8(12)9(6-7)15(18)19/h2-3,6H,4-5,12H2,1H3,(H,13,16)(H,14,17). The van der Waals surface area contributed by atoms with Gasteiger partial charge in [-0.3, -0.25) is 19.7 Å². The fraction of sp³-hybridized carbons (Fsp3) is 0.273. The molecule has 2 amide bonds. The van der Waals surface area contributed by atoms with Crippen LogP contribution in [0.15, 0.2) is 18.2 Å². The summed E-state index contributed by atoms with van der Waals surface area (Å²) in [5.41, 5.74) is 5.22. The number of nitrogen functional groups attached to an aromatic ring is 1. The second-order valence-corrected chi connectivity index (χ2v) is 3.71. The summed E-state index contributed by atoms with van der Waals surface area (Å²) in [6.45, 7) is 0.149. The summed E-state index contributed by atoms with van der Waals surface area (Å²) in [4.78, 5) is 32.7. The Morgan fingerprint density at radius 1 is 1.42 bits per heavy atom. The van der Waals surface area contributed by atoms with Gasteiger partial charge in [0.15, 0.2) is 0 Å². The van der Waals surface area contributed by atoms with Crippen molar-refractivity contribution in [2.24, 2.45) is 0 Å². The lowest BCUT2D eigenvalue weighted by Gasteiger charge is -2.05. The summed E-state index contributed by atoms with van der Waals surface area (Å²) in [6.07, 6.45) is 0.138. The number of carbonyl (C=O) groups excluding carboxylic acids is 2. The maximum Gasteiger partial charge on any atom is 0.292 e. The van der Waals surface area contributed by atoms with Crippen LogP contribution in [0.4, 0.5) is 11.4 Å². The third kappa shape index (κ3) is 3.95. The fourth-order valence-corrected chi connectivity index (χ4v) is 1.36. The van der Waals surface area contributed by atoms with Gasteiger partial charge in [0.25, 0.3) is 11.6 Å². The summed E-state index contributed by atoms with van der Waals surface area (Å²) < 4.78 is 0. The maximum atomic E-state index is 11.7. The molecule has 0 fully saturated rings. The number of nitrogens with one attached hydrogen (secondary N) is 2. The van der Waals surface area contributed by atoms with Crippen LogP contribution in [0.25, 0.3) is 0 Å². The minimum Gasteiger partial charge on any atom is -0.393 e. The Kier molecular flexibility index (Phi) is 4.81. The summed E-state index contributed by atoms with van der Waals surface area (Å²) in [6, 6.07) is 3.79. The van der Waals surface area contributed by atoms with Gasteiger partial charge in [0, 0.05) is 31.6 Å². The molecule has 0 bridgehead atoms. The third-order valence-electron chi connectivity index (χ3n) is 2.41. The molecule has 102 valence electrons. The van der Waals surface area contributed by atoms with Gasteiger partial charge in [0.2, 0.25) is 5.91 Å². The van der Waals surface area contributed by atoms with E-state index in [1.807, 2.05) is 0 Å². The molecule has 1 rings (SSSR count). The lowest BCUT2D eigenvalue weighted by Crippen LogP contribution is -2.29. The van der Waals surface area contributed by atoms with Gasteiger partial charge in [-0.25, -0.2) is 0 Å². The van der Waals surface area contributed by atoms with Crippen molar-refractivity contribution < 1.29 is 14.5 Å². The molecular formula is C11H14N4O4. The Morgan fingerprint density at radius 2 is 2.11 bits per heavy atom. The molecule has 19 heavy (non-hydrogen) atoms. The number of nitro groups is 1. The van der Waals surface area contributed by atoms with E-state index >= 15 is 0 Å². The zero-order valence-electron chi connectivity index (χ0n) is 10.3. The maximum absolute atomic E-state index is 11.7. The summed E-state index contributed by atoms with van der Waals surface area (Å²) >= 11 is 0. The molecule has 0 saturated heterocycles. The van der Waals surface area contributed by atoms with Gasteiger partial charge in [0.05, 0.1) is 4.92 Å². The van der Waals surface area contributed by atoms with Crippen molar-refractivity contribution in [1.82, 2.24) is 10.6 Å². The molecular weight excluding hydrogens is 252 g/mol. The monoisotopic (exact) mass is 266 g/mol. The minimum absolute atomic E-state index is 0.00749. The molecule has 0 radical (unpaired) electrons. The zero-order valence-corrected chi connectivity index (χ0v) is 10.3. The molecule has 0 aliphatic carbocycles. The molecule has 0 saturated carbocycles. The number of hydrogen-bond acceptors (Lipinski definition) is 5. The Balaban J connectivity index is 2.70. The van der Waals surface area contributed by atoms with Gasteiger partial charge in [-0.1, -0.05) is 0 Å². The number of benzene rings is 1. The minimum atomic E-state index is -0.656. The quantitative estimate of drug-likeness (QED) is 0.394. The van der Waals surface area contributed by atoms with Gasteiger partial charge in [0.1, 0.15) is 5.69 Å². The topological polar surface area (TPSA) is 127 Å². The van der Waals surface area contributed by atoms with Gasteiger partial charge >= 0.3 is 0 Å². The van der Waals surface area contributed by atoms with Crippen LogP contribution in [0.5, 0.6) is 0 Å². The first-order chi connectivity index (χ1) is 8.95. The average Bonchev–Trinajstić information content (AvgIpc) is 2.38. The van der Waals surface area contributed by atoms with Crippen molar-refractivity contribution in [3.8, 4) is 0 Å². The van der Waals surface area contributed by atoms with E-state index in [9.17, 15) is 19.7 Å². The van der Waals surface area contributed by atoms with E-state index < -0.39 is 10.8 Å². The third-order valence-corrected chi connectivity index (χ3v) is 2.41. The van der Waals surface area contributed by atoms with E-state index in [1.54, 1.807) is 0 Å². The molecule has 1 aromatic rings. The van der Waals surface area contributed by atoms with E-state index in [2.05, 4.69) is 10.6 Å². The Morgan fingerprint density at radius 3 is 2.68 bits per heavy atom. The van der Waals surface area contributed by atoms with E-state index in [1.165, 1.54) is 19.2 Å². The lowest BCUT2D eigenvalue weighted by molar-refractivity contribution is -0.383. The van der Waals surface area contributed by atoms with Crippen LogP contribution in [0.3, 0.4) is 0 Å². The highest BCUT2D eigenvalue weighted by atomic mass is 16.6. The first kappa shape index (κ1) is 14.4. The number of rotatable bonds is 5. The predicted octanol–water partition coefficient (Wildman–Crippen LogP) is 0.0429. The SMILES string of the molecule is CNC(=O)CCNC(=O)c1ccc(N)c([N+](=O)[O-])c1. The molecule has 4 N–H and O–H groups in total. The molecule has 0 heterocycles. The molecule has 0 spiro atoms. The van der Waals surface area contributed by atoms with Crippen LogP contribution in [-0.4, -0.2) is 30.3 Å². The van der Waals surface area contributed by atoms with Crippen molar-refractivity contribution in [1.29, 1.82) is 0 Å². The van der Waals surface area contributed by atoms with Gasteiger partial charge < -0.3 is 16.4 Å². The number of carbonyl (C=O) groups is 2. The normalized spacial score (nSPS) is 9.74. The molecule has 0 atom stereocenters. The summed E-state index contributed by atoms with van der Waals surface area (Å²) in [7, 11) is 1.49. The van der Waals surface area contributed by atoms with Crippen LogP contribution < -0.4 is 16.4 Å². The van der Waals surface area contributed by atoms with E-state index in [-0.39, 0.29) is 35.8 Å². The Bertz CT molecular complexity index is 515. The van der Waals surface area contributed by atoms with Gasteiger partial charge in [-0.05, 0) is 12.1 Å². The van der Waals surface area contributed by atoms with Crippen molar-refractivity contribution in [3.63, 3.8) is 0 Å². The second-order valence-electron chi connectivity index (χ2n) is 3.71. The van der Waals surface area contributed by atoms with Crippen LogP contribution in [-0.2, 0) is 4.79 Å². The number of nitrogens with two attached hydrogens (primary N) is 1. The fourth-order valence-electron chi connectivity index (χ4n) is 1.36. The number of anilines is 1. The van der Waals surface area contributed by atoms with Crippen LogP contribution in [0, 0.1) is 10.1 Å². The molecule has 0 unspecified atom stereocenters. The number of amides is 2. The summed E-state index contributed by atoms with van der Waals surface area (Å²) in [5, 5.41) is 15.6. The lowest BCUT2D eigenvalue weighted by atomic mass is 10.1. The largest absolute Gasteiger partial charge is 0.393 e. The van der Waals surface area contributed by atoms with Crippen LogP contribution in [0.2, 0.25) is 0 Å². The highest BCUT2D eigenvalue weighted by Crippen LogP contribution is 2.22. The van der Waals surface area contributed by atoms with Crippen molar-refractivity contribution in [3.05, 3.63) is 33.9 Å². The Hall–Kier alpha value is -2.64. The van der Waals surface area contributed by atoms with Crippen LogP contribution >= 0.6 is 0 Å². The predicted molar refractivity (Wildman–Crippen MR) is 68.5 cm³/mol. The van der Waals surface area contributed by atoms with Crippen LogP contribution in [0.1, 0.15) is 16.8 Å². The molecule has 1 aromatic carbocycles. The number of hydrogen-bond donors (Lipinski definition) is 3. The van der Waals surface area contributed by atoms with Crippen molar-refractivity contribution in [2.45, 2.75) is 6.42 Å². The zero-order chi connectivity index (χ0) is 14.4. The molecule has 0 aliphatic rings. The molecule has 8 nitrogen and oxygen atoms in total. The van der Waals surface area contributed by atoms with Gasteiger partial charge in [-0.2, -0.15) is 0 Å². The summed E-state index contributed by atoms with van der Waals surface area (Å²) in [5.74, 6) is -0.699. The van der Waals surface area contributed by atoms with Crippen molar-refractivity contribution >= 4 is 23.2 Å². The smallest absolute Gasteiger partial charge is 0.292 e. The molecule has 0 aromatic heterocycles. The highest BCUT2D eigenvalue weighted by molar-refractivity contribution is 5.95. The van der Waals surface area contributed by atoms with E-state index in [0.717, 1.165) is 6.07 Å². The van der Waals surface area contributed by atoms with Gasteiger partial charge in [-0.15, -0.1) is 0 Å². The second kappa shape index (κ2) is 6.34. The number of nitrogens with zero attached hydrogens (tertiary/aromatic N) is 1. The first-order valence-corrected chi connectivity index (χ1v) is 5.48. The first-order valence-electron chi connectivity index (χ1n) is 5.48. The average molecular weight is 266 g/mol. The molecule has 8 heteroatoms. The molecule has 0 aliphatic heterocycles. The van der Waals surface area contributed by atoms with E-state index in [0.29, 0.717) is 0 Å². The number of nitro benzene ring substituents is 1.